The molecule has 1 N–H and O–H groups in total. The van der Waals surface area contributed by atoms with Gasteiger partial charge in [-0.1, -0.05) is 58.3 Å². The maximum Gasteiger partial charge on any atom is 0.243 e. The van der Waals surface area contributed by atoms with E-state index in [1.165, 1.54) is 77.2 Å². The first-order chi connectivity index (χ1) is 10.9. The quantitative estimate of drug-likeness (QED) is 0.376. The number of aromatic nitrogens is 2. The molecule has 0 fully saturated rings. The molecule has 0 aliphatic rings. The Morgan fingerprint density at radius 3 is 2.00 bits per heavy atom. The fourth-order valence-corrected chi connectivity index (χ4v) is 2.86. The van der Waals surface area contributed by atoms with Crippen molar-refractivity contribution < 1.29 is 9.67 Å². The summed E-state index contributed by atoms with van der Waals surface area (Å²) in [6, 6.07) is 0. The van der Waals surface area contributed by atoms with Crippen molar-refractivity contribution in [2.24, 2.45) is 0 Å². The molecule has 0 radical (unpaired) electrons. The first-order valence-corrected chi connectivity index (χ1v) is 9.52. The molecule has 1 aromatic rings. The van der Waals surface area contributed by atoms with Crippen LogP contribution in [0.25, 0.3) is 0 Å². The molecule has 1 rings (SSSR count). The first kappa shape index (κ1) is 19.2. The van der Waals surface area contributed by atoms with Crippen LogP contribution in [0, 0.1) is 0 Å². The van der Waals surface area contributed by atoms with Gasteiger partial charge in [-0.15, -0.1) is 0 Å². The molecule has 0 saturated carbocycles. The van der Waals surface area contributed by atoms with Crippen molar-refractivity contribution in [1.29, 1.82) is 0 Å². The maximum absolute atomic E-state index is 8.71. The van der Waals surface area contributed by atoms with Crippen molar-refractivity contribution in [3.8, 4) is 0 Å². The Kier molecular flexibility index (Phi) is 12.1. The minimum absolute atomic E-state index is 0.361. The lowest BCUT2D eigenvalue weighted by Gasteiger charge is -2.02. The number of rotatable bonds is 15. The van der Waals surface area contributed by atoms with Crippen molar-refractivity contribution in [1.82, 2.24) is 4.57 Å². The van der Waals surface area contributed by atoms with Gasteiger partial charge in [0.15, 0.2) is 0 Å². The van der Waals surface area contributed by atoms with Crippen LogP contribution in [0.5, 0.6) is 0 Å². The summed E-state index contributed by atoms with van der Waals surface area (Å²) in [6.45, 7) is 4.93. The number of aryl methyl sites for hydroxylation is 2. The zero-order chi connectivity index (χ0) is 15.9. The number of aliphatic hydroxyl groups excluding tert-OH is 1. The zero-order valence-electron chi connectivity index (χ0n) is 14.7. The summed E-state index contributed by atoms with van der Waals surface area (Å²) < 4.78 is 4.64. The fourth-order valence-electron chi connectivity index (χ4n) is 2.86. The number of hydrogen-bond acceptors (Lipinski definition) is 1. The number of hydrogen-bond donors (Lipinski definition) is 1. The van der Waals surface area contributed by atoms with Crippen LogP contribution in [-0.4, -0.2) is 16.3 Å². The first-order valence-electron chi connectivity index (χ1n) is 9.52. The molecule has 1 aromatic heterocycles. The summed E-state index contributed by atoms with van der Waals surface area (Å²) in [5.74, 6) is 0. The molecule has 0 spiro atoms. The Balaban J connectivity index is 1.88. The zero-order valence-corrected chi connectivity index (χ0v) is 14.7. The molecule has 0 aliphatic heterocycles. The molecular weight excluding hydrogens is 272 g/mol. The van der Waals surface area contributed by atoms with E-state index in [2.05, 4.69) is 34.8 Å². The van der Waals surface area contributed by atoms with Crippen LogP contribution in [0.3, 0.4) is 0 Å². The van der Waals surface area contributed by atoms with E-state index in [9.17, 15) is 0 Å². The van der Waals surface area contributed by atoms with E-state index in [1.54, 1.807) is 0 Å². The Bertz CT molecular complexity index is 349. The van der Waals surface area contributed by atoms with E-state index >= 15 is 0 Å². The molecule has 1 heterocycles. The summed E-state index contributed by atoms with van der Waals surface area (Å²) in [6.07, 6.45) is 22.2. The molecule has 0 aromatic carbocycles. The standard InChI is InChI=1S/C19H37N2O/c1-2-3-14-20-16-17-21(19-20)15-12-10-8-6-4-5-7-9-11-13-18-22/h16-17,19,22H,2-15,18H2,1H3/q+1. The topological polar surface area (TPSA) is 29.0 Å². The summed E-state index contributed by atoms with van der Waals surface area (Å²) >= 11 is 0. The highest BCUT2D eigenvalue weighted by Crippen LogP contribution is 2.10. The Morgan fingerprint density at radius 2 is 1.41 bits per heavy atom. The van der Waals surface area contributed by atoms with E-state index in [0.717, 1.165) is 13.0 Å². The van der Waals surface area contributed by atoms with E-state index in [1.807, 2.05) is 0 Å². The third kappa shape index (κ3) is 9.99. The smallest absolute Gasteiger partial charge is 0.243 e. The van der Waals surface area contributed by atoms with E-state index in [4.69, 9.17) is 5.11 Å². The molecule has 3 nitrogen and oxygen atoms in total. The maximum atomic E-state index is 8.71. The van der Waals surface area contributed by atoms with Crippen LogP contribution in [0.1, 0.15) is 84.0 Å². The molecular formula is C19H37N2O+. The van der Waals surface area contributed by atoms with Gasteiger partial charge in [0.05, 0.1) is 13.1 Å². The molecule has 0 aliphatic carbocycles. The molecule has 0 saturated heterocycles. The molecule has 0 unspecified atom stereocenters. The van der Waals surface area contributed by atoms with Crippen LogP contribution in [0.2, 0.25) is 0 Å². The van der Waals surface area contributed by atoms with Gasteiger partial charge in [-0.05, 0) is 25.7 Å². The summed E-state index contributed by atoms with van der Waals surface area (Å²) in [4.78, 5) is 0. The molecule has 22 heavy (non-hydrogen) atoms. The minimum Gasteiger partial charge on any atom is -0.396 e. The number of aliphatic hydroxyl groups is 1. The van der Waals surface area contributed by atoms with Crippen molar-refractivity contribution in [3.05, 3.63) is 18.7 Å². The summed E-state index contributed by atoms with van der Waals surface area (Å²) in [5, 5.41) is 8.71. The van der Waals surface area contributed by atoms with Crippen LogP contribution in [-0.2, 0) is 13.1 Å². The lowest BCUT2D eigenvalue weighted by atomic mass is 10.1. The van der Waals surface area contributed by atoms with E-state index < -0.39 is 0 Å². The van der Waals surface area contributed by atoms with E-state index in [0.29, 0.717) is 6.61 Å². The highest BCUT2D eigenvalue weighted by Gasteiger charge is 2.02. The lowest BCUT2D eigenvalue weighted by molar-refractivity contribution is -0.696. The highest BCUT2D eigenvalue weighted by molar-refractivity contribution is 4.65. The second-order valence-electron chi connectivity index (χ2n) is 6.50. The Morgan fingerprint density at radius 1 is 0.818 bits per heavy atom. The third-order valence-corrected chi connectivity index (χ3v) is 4.34. The average molecular weight is 310 g/mol. The van der Waals surface area contributed by atoms with Crippen molar-refractivity contribution in [2.45, 2.75) is 97.1 Å². The highest BCUT2D eigenvalue weighted by atomic mass is 16.2. The van der Waals surface area contributed by atoms with Gasteiger partial charge in [0.2, 0.25) is 6.33 Å². The summed E-state index contributed by atoms with van der Waals surface area (Å²) in [7, 11) is 0. The normalized spacial score (nSPS) is 11.2. The molecule has 0 bridgehead atoms. The fraction of sp³-hybridized carbons (Fsp3) is 0.842. The van der Waals surface area contributed by atoms with Gasteiger partial charge >= 0.3 is 0 Å². The number of nitrogens with zero attached hydrogens (tertiary/aromatic N) is 2. The van der Waals surface area contributed by atoms with Gasteiger partial charge in [-0.2, -0.15) is 0 Å². The van der Waals surface area contributed by atoms with Crippen LogP contribution in [0.15, 0.2) is 18.7 Å². The second-order valence-corrected chi connectivity index (χ2v) is 6.50. The van der Waals surface area contributed by atoms with Gasteiger partial charge < -0.3 is 5.11 Å². The number of unbranched alkanes of at least 4 members (excludes halogenated alkanes) is 10. The second kappa shape index (κ2) is 13.8. The Labute approximate surface area is 137 Å². The van der Waals surface area contributed by atoms with E-state index in [-0.39, 0.29) is 0 Å². The van der Waals surface area contributed by atoms with Gasteiger partial charge in [-0.3, -0.25) is 0 Å². The van der Waals surface area contributed by atoms with Crippen LogP contribution >= 0.6 is 0 Å². The predicted octanol–water partition coefficient (Wildman–Crippen LogP) is 4.47. The molecule has 3 heteroatoms. The SMILES string of the molecule is CCCCn1cc[n+](CCCCCCCCCCCCO)c1. The van der Waals surface area contributed by atoms with Gasteiger partial charge in [0.25, 0.3) is 0 Å². The largest absolute Gasteiger partial charge is 0.396 e. The van der Waals surface area contributed by atoms with Crippen molar-refractivity contribution >= 4 is 0 Å². The van der Waals surface area contributed by atoms with Crippen LogP contribution < -0.4 is 4.57 Å². The van der Waals surface area contributed by atoms with Crippen molar-refractivity contribution in [3.63, 3.8) is 0 Å². The molecule has 128 valence electrons. The monoisotopic (exact) mass is 309 g/mol. The predicted molar refractivity (Wildman–Crippen MR) is 92.8 cm³/mol. The summed E-state index contributed by atoms with van der Waals surface area (Å²) in [5.41, 5.74) is 0. The van der Waals surface area contributed by atoms with Gasteiger partial charge in [-0.25, -0.2) is 9.13 Å². The lowest BCUT2D eigenvalue weighted by Crippen LogP contribution is -2.30. The van der Waals surface area contributed by atoms with Crippen LogP contribution in [0.4, 0.5) is 0 Å². The minimum atomic E-state index is 0.361. The average Bonchev–Trinajstić information content (AvgIpc) is 2.98. The van der Waals surface area contributed by atoms with Crippen molar-refractivity contribution in [2.75, 3.05) is 6.61 Å². The Hall–Kier alpha value is -0.830. The van der Waals surface area contributed by atoms with Gasteiger partial charge in [0, 0.05) is 6.61 Å². The van der Waals surface area contributed by atoms with Gasteiger partial charge in [0.1, 0.15) is 12.4 Å². The third-order valence-electron chi connectivity index (χ3n) is 4.34. The number of imidazole rings is 1. The molecule has 0 amide bonds. The molecule has 0 atom stereocenters.